The molecule has 1 aliphatic heterocycles. The van der Waals surface area contributed by atoms with Crippen molar-refractivity contribution < 1.29 is 19.7 Å². The molecule has 1 aliphatic rings. The van der Waals surface area contributed by atoms with Crippen molar-refractivity contribution in [3.63, 3.8) is 0 Å². The van der Waals surface area contributed by atoms with Crippen molar-refractivity contribution in [3.05, 3.63) is 0 Å². The molecule has 1 saturated heterocycles. The second kappa shape index (κ2) is 5.44. The molecule has 1 rings (SSSR count). The summed E-state index contributed by atoms with van der Waals surface area (Å²) in [5.74, 6) is -0.651. The van der Waals surface area contributed by atoms with Crippen molar-refractivity contribution in [3.8, 4) is 0 Å². The highest BCUT2D eigenvalue weighted by atomic mass is 16.5. The second-order valence-electron chi connectivity index (χ2n) is 4.15. The maximum Gasteiger partial charge on any atom is 0.321 e. The Morgan fingerprint density at radius 3 is 2.87 bits per heavy atom. The number of hydrogen-bond acceptors (Lipinski definition) is 4. The molecule has 5 nitrogen and oxygen atoms in total. The Kier molecular flexibility index (Phi) is 4.50. The number of carboxylic acid groups (broad SMARTS) is 1. The lowest BCUT2D eigenvalue weighted by molar-refractivity contribution is -0.143. The molecule has 0 radical (unpaired) electrons. The van der Waals surface area contributed by atoms with Crippen LogP contribution < -0.4 is 0 Å². The minimum absolute atomic E-state index is 0.150. The summed E-state index contributed by atoms with van der Waals surface area (Å²) in [6.45, 7) is 3.28. The summed E-state index contributed by atoms with van der Waals surface area (Å²) in [5, 5.41) is 18.6. The molecule has 5 heteroatoms. The molecule has 0 bridgehead atoms. The van der Waals surface area contributed by atoms with Crippen LogP contribution in [0.4, 0.5) is 0 Å². The van der Waals surface area contributed by atoms with Gasteiger partial charge in [0.2, 0.25) is 0 Å². The third kappa shape index (κ3) is 3.15. The van der Waals surface area contributed by atoms with E-state index < -0.39 is 18.1 Å². The maximum atomic E-state index is 11.0. The van der Waals surface area contributed by atoms with E-state index in [-0.39, 0.29) is 12.5 Å². The zero-order chi connectivity index (χ0) is 11.4. The fourth-order valence-electron chi connectivity index (χ4n) is 2.15. The number of carbonyl (C=O) groups is 1. The van der Waals surface area contributed by atoms with Crippen molar-refractivity contribution in [1.82, 2.24) is 4.90 Å². The van der Waals surface area contributed by atoms with Crippen LogP contribution in [0.1, 0.15) is 13.3 Å². The van der Waals surface area contributed by atoms with E-state index in [1.54, 1.807) is 0 Å². The Bertz CT molecular complexity index is 221. The summed E-state index contributed by atoms with van der Waals surface area (Å²) in [5.41, 5.74) is 0. The monoisotopic (exact) mass is 217 g/mol. The zero-order valence-electron chi connectivity index (χ0n) is 9.22. The Morgan fingerprint density at radius 1 is 1.67 bits per heavy atom. The first-order chi connectivity index (χ1) is 7.06. The molecule has 0 aliphatic carbocycles. The van der Waals surface area contributed by atoms with Crippen molar-refractivity contribution in [2.45, 2.75) is 25.5 Å². The van der Waals surface area contributed by atoms with Gasteiger partial charge in [0.15, 0.2) is 0 Å². The maximum absolute atomic E-state index is 11.0. The number of β-amino-alcohol motifs (C(OH)–C–C–N with tert-alkyl or cyclic N) is 1. The summed E-state index contributed by atoms with van der Waals surface area (Å²) in [4.78, 5) is 12.8. The van der Waals surface area contributed by atoms with E-state index in [2.05, 4.69) is 0 Å². The Balaban J connectivity index is 2.50. The van der Waals surface area contributed by atoms with Crippen LogP contribution in [-0.2, 0) is 9.53 Å². The van der Waals surface area contributed by atoms with Gasteiger partial charge in [0.1, 0.15) is 6.04 Å². The van der Waals surface area contributed by atoms with E-state index in [0.717, 1.165) is 13.0 Å². The normalized spacial score (nSPS) is 29.3. The van der Waals surface area contributed by atoms with Gasteiger partial charge in [-0.2, -0.15) is 0 Å². The first-order valence-corrected chi connectivity index (χ1v) is 5.20. The van der Waals surface area contributed by atoms with Crippen LogP contribution in [0.2, 0.25) is 0 Å². The number of aliphatic carboxylic acids is 1. The van der Waals surface area contributed by atoms with E-state index in [9.17, 15) is 9.90 Å². The smallest absolute Gasteiger partial charge is 0.321 e. The highest BCUT2D eigenvalue weighted by molar-refractivity contribution is 5.74. The van der Waals surface area contributed by atoms with Gasteiger partial charge in [-0.05, 0) is 18.9 Å². The number of hydrogen-bond donors (Lipinski definition) is 2. The number of aliphatic hydroxyl groups excluding tert-OH is 1. The van der Waals surface area contributed by atoms with Gasteiger partial charge in [0.05, 0.1) is 12.7 Å². The molecular formula is C10H19NO4. The molecule has 0 aromatic heterocycles. The number of rotatable bonds is 5. The third-order valence-corrected chi connectivity index (χ3v) is 2.86. The molecular weight excluding hydrogens is 198 g/mol. The minimum Gasteiger partial charge on any atom is -0.480 e. The second-order valence-corrected chi connectivity index (χ2v) is 4.15. The number of aliphatic hydroxyl groups is 1. The van der Waals surface area contributed by atoms with Gasteiger partial charge in [-0.15, -0.1) is 0 Å². The van der Waals surface area contributed by atoms with Gasteiger partial charge < -0.3 is 14.9 Å². The quantitative estimate of drug-likeness (QED) is 0.666. The molecule has 15 heavy (non-hydrogen) atoms. The molecule has 0 amide bonds. The fraction of sp³-hybridized carbons (Fsp3) is 0.900. The van der Waals surface area contributed by atoms with E-state index in [0.29, 0.717) is 6.54 Å². The molecule has 1 heterocycles. The van der Waals surface area contributed by atoms with Gasteiger partial charge in [-0.1, -0.05) is 6.92 Å². The first kappa shape index (κ1) is 12.4. The van der Waals surface area contributed by atoms with Gasteiger partial charge in [0.25, 0.3) is 0 Å². The largest absolute Gasteiger partial charge is 0.480 e. The van der Waals surface area contributed by atoms with E-state index in [1.165, 1.54) is 7.11 Å². The molecule has 1 fully saturated rings. The van der Waals surface area contributed by atoms with Crippen LogP contribution in [0.15, 0.2) is 0 Å². The van der Waals surface area contributed by atoms with Gasteiger partial charge in [-0.3, -0.25) is 9.69 Å². The summed E-state index contributed by atoms with van der Waals surface area (Å²) >= 11 is 0. The molecule has 88 valence electrons. The Hall–Kier alpha value is -0.650. The van der Waals surface area contributed by atoms with Gasteiger partial charge in [-0.25, -0.2) is 0 Å². The van der Waals surface area contributed by atoms with Crippen molar-refractivity contribution in [2.75, 3.05) is 26.8 Å². The average Bonchev–Trinajstić information content (AvgIpc) is 2.47. The lowest BCUT2D eigenvalue weighted by Gasteiger charge is -2.25. The number of carboxylic acids is 1. The third-order valence-electron chi connectivity index (χ3n) is 2.86. The number of likely N-dealkylation sites (tertiary alicyclic amines) is 1. The van der Waals surface area contributed by atoms with Crippen LogP contribution in [0.25, 0.3) is 0 Å². The molecule has 0 spiro atoms. The Morgan fingerprint density at radius 2 is 2.33 bits per heavy atom. The molecule has 2 N–H and O–H groups in total. The van der Waals surface area contributed by atoms with Crippen molar-refractivity contribution >= 4 is 5.97 Å². The van der Waals surface area contributed by atoms with E-state index in [1.807, 2.05) is 11.8 Å². The van der Waals surface area contributed by atoms with Crippen LogP contribution in [0.5, 0.6) is 0 Å². The van der Waals surface area contributed by atoms with Gasteiger partial charge >= 0.3 is 5.97 Å². The van der Waals surface area contributed by atoms with Crippen LogP contribution in [0.3, 0.4) is 0 Å². The summed E-state index contributed by atoms with van der Waals surface area (Å²) in [6.07, 6.45) is 0.263. The predicted octanol–water partition coefficient (Wildman–Crippen LogP) is -0.211. The summed E-state index contributed by atoms with van der Waals surface area (Å²) in [7, 11) is 1.52. The van der Waals surface area contributed by atoms with Gasteiger partial charge in [0, 0.05) is 13.7 Å². The first-order valence-electron chi connectivity index (χ1n) is 5.20. The van der Waals surface area contributed by atoms with E-state index >= 15 is 0 Å². The number of methoxy groups -OCH3 is 1. The van der Waals surface area contributed by atoms with Crippen LogP contribution in [0, 0.1) is 5.92 Å². The molecule has 0 saturated carbocycles. The molecule has 3 atom stereocenters. The lowest BCUT2D eigenvalue weighted by Crippen LogP contribution is -2.43. The summed E-state index contributed by atoms with van der Waals surface area (Å²) in [6, 6.07) is -0.462. The number of ether oxygens (including phenoxy) is 1. The highest BCUT2D eigenvalue weighted by Crippen LogP contribution is 2.24. The standard InChI is InChI=1S/C10H19NO4/c1-7-3-4-11(9(7)10(13)14)5-8(12)6-15-2/h7-9,12H,3-6H2,1-2H3,(H,13,14). The average molecular weight is 217 g/mol. The lowest BCUT2D eigenvalue weighted by atomic mass is 10.0. The van der Waals surface area contributed by atoms with Crippen molar-refractivity contribution in [1.29, 1.82) is 0 Å². The topological polar surface area (TPSA) is 70.0 Å². The Labute approximate surface area is 89.6 Å². The molecule has 0 aromatic carbocycles. The number of nitrogens with zero attached hydrogens (tertiary/aromatic N) is 1. The summed E-state index contributed by atoms with van der Waals surface area (Å²) < 4.78 is 4.81. The van der Waals surface area contributed by atoms with Crippen LogP contribution >= 0.6 is 0 Å². The fourth-order valence-corrected chi connectivity index (χ4v) is 2.15. The zero-order valence-corrected chi connectivity index (χ0v) is 9.22. The van der Waals surface area contributed by atoms with Crippen molar-refractivity contribution in [2.24, 2.45) is 5.92 Å². The minimum atomic E-state index is -0.801. The SMILES string of the molecule is COCC(O)CN1CCC(C)C1C(=O)O. The van der Waals surface area contributed by atoms with Crippen LogP contribution in [-0.4, -0.2) is 60.0 Å². The molecule has 0 aromatic rings. The molecule has 3 unspecified atom stereocenters. The predicted molar refractivity (Wildman–Crippen MR) is 54.7 cm³/mol. The highest BCUT2D eigenvalue weighted by Gasteiger charge is 2.37. The van der Waals surface area contributed by atoms with E-state index in [4.69, 9.17) is 9.84 Å².